The minimum Gasteiger partial charge on any atom is -0.486 e. The molecule has 0 bridgehead atoms. The highest BCUT2D eigenvalue weighted by Gasteiger charge is 2.42. The first kappa shape index (κ1) is 21.6. The van der Waals surface area contributed by atoms with E-state index >= 15 is 0 Å². The number of anilines is 1. The van der Waals surface area contributed by atoms with Gasteiger partial charge in [-0.1, -0.05) is 24.3 Å². The first-order chi connectivity index (χ1) is 16.1. The summed E-state index contributed by atoms with van der Waals surface area (Å²) in [4.78, 5) is 18.6. The minimum atomic E-state index is -0.411. The fourth-order valence-corrected chi connectivity index (χ4v) is 4.76. The molecule has 3 aromatic rings. The highest BCUT2D eigenvalue weighted by atomic mass is 19.1. The van der Waals surface area contributed by atoms with Crippen LogP contribution in [0.2, 0.25) is 0 Å². The van der Waals surface area contributed by atoms with Gasteiger partial charge in [0.1, 0.15) is 12.4 Å². The summed E-state index contributed by atoms with van der Waals surface area (Å²) in [6.45, 7) is 2.26. The minimum absolute atomic E-state index is 0.139. The SMILES string of the molecule is O=C(NO)[C@H]1C[C@H]1Cc1ccc(OCc2cc(N3CCCCC3)nc3ccccc23)c(F)c1. The number of hydrogen-bond acceptors (Lipinski definition) is 5. The summed E-state index contributed by atoms with van der Waals surface area (Å²) in [5.74, 6) is 0.330. The van der Waals surface area contributed by atoms with Crippen molar-refractivity contribution in [3.05, 3.63) is 65.5 Å². The van der Waals surface area contributed by atoms with Gasteiger partial charge in [0, 0.05) is 30.0 Å². The lowest BCUT2D eigenvalue weighted by Gasteiger charge is -2.28. The van der Waals surface area contributed by atoms with Gasteiger partial charge in [-0.2, -0.15) is 0 Å². The first-order valence-electron chi connectivity index (χ1n) is 11.6. The molecule has 1 aliphatic heterocycles. The van der Waals surface area contributed by atoms with Crippen molar-refractivity contribution >= 4 is 22.6 Å². The number of halogens is 1. The fraction of sp³-hybridized carbons (Fsp3) is 0.385. The number of amides is 1. The van der Waals surface area contributed by atoms with Crippen molar-refractivity contribution in [2.24, 2.45) is 11.8 Å². The van der Waals surface area contributed by atoms with E-state index in [4.69, 9.17) is 14.9 Å². The second-order valence-corrected chi connectivity index (χ2v) is 9.04. The molecule has 2 N–H and O–H groups in total. The van der Waals surface area contributed by atoms with Crippen LogP contribution in [-0.2, 0) is 17.8 Å². The average Bonchev–Trinajstić information content (AvgIpc) is 3.62. The summed E-state index contributed by atoms with van der Waals surface area (Å²) in [5.41, 5.74) is 4.42. The molecule has 2 fully saturated rings. The largest absolute Gasteiger partial charge is 0.486 e. The summed E-state index contributed by atoms with van der Waals surface area (Å²) >= 11 is 0. The summed E-state index contributed by atoms with van der Waals surface area (Å²) in [7, 11) is 0. The number of hydrogen-bond donors (Lipinski definition) is 2. The third kappa shape index (κ3) is 4.78. The molecule has 1 saturated heterocycles. The van der Waals surface area contributed by atoms with Crippen LogP contribution in [0.15, 0.2) is 48.5 Å². The van der Waals surface area contributed by atoms with E-state index in [1.807, 2.05) is 30.3 Å². The van der Waals surface area contributed by atoms with Crippen LogP contribution in [-0.4, -0.2) is 29.2 Å². The van der Waals surface area contributed by atoms with Gasteiger partial charge in [0.05, 0.1) is 5.52 Å². The average molecular weight is 450 g/mol. The predicted molar refractivity (Wildman–Crippen MR) is 124 cm³/mol. The first-order valence-corrected chi connectivity index (χ1v) is 11.6. The normalized spacial score (nSPS) is 20.0. The van der Waals surface area contributed by atoms with Gasteiger partial charge in [-0.3, -0.25) is 10.0 Å². The molecule has 33 heavy (non-hydrogen) atoms. The molecule has 2 aliphatic rings. The topological polar surface area (TPSA) is 74.7 Å². The Bertz CT molecular complexity index is 1160. The van der Waals surface area contributed by atoms with Gasteiger partial charge in [-0.15, -0.1) is 0 Å². The number of rotatable bonds is 7. The van der Waals surface area contributed by atoms with E-state index < -0.39 is 5.82 Å². The van der Waals surface area contributed by atoms with Gasteiger partial charge in [0.25, 0.3) is 0 Å². The van der Waals surface area contributed by atoms with Gasteiger partial charge < -0.3 is 9.64 Å². The van der Waals surface area contributed by atoms with Crippen molar-refractivity contribution in [2.75, 3.05) is 18.0 Å². The van der Waals surface area contributed by atoms with Crippen molar-refractivity contribution in [1.82, 2.24) is 10.5 Å². The number of benzene rings is 2. The molecule has 2 heterocycles. The Morgan fingerprint density at radius 2 is 1.97 bits per heavy atom. The Balaban J connectivity index is 1.30. The standard InChI is InChI=1S/C26H28FN3O3/c27-22-13-17(12-18-14-21(18)26(31)29-32)8-9-24(22)33-16-19-15-25(30-10-4-1-5-11-30)28-23-7-3-2-6-20(19)23/h2-3,6-9,13,15,18,21,32H,1,4-5,10-12,14,16H2,(H,29,31)/t18-,21+/m1/s1. The fourth-order valence-electron chi connectivity index (χ4n) is 4.76. The van der Waals surface area contributed by atoms with Crippen LogP contribution in [0.3, 0.4) is 0 Å². The number of piperidine rings is 1. The number of carbonyl (C=O) groups is 1. The molecule has 1 aromatic heterocycles. The Kier molecular flexibility index (Phi) is 6.13. The molecule has 0 radical (unpaired) electrons. The van der Waals surface area contributed by atoms with E-state index in [2.05, 4.69) is 11.0 Å². The van der Waals surface area contributed by atoms with Crippen molar-refractivity contribution in [3.8, 4) is 5.75 Å². The van der Waals surface area contributed by atoms with Crippen LogP contribution >= 0.6 is 0 Å². The Morgan fingerprint density at radius 1 is 1.15 bits per heavy atom. The van der Waals surface area contributed by atoms with Gasteiger partial charge >= 0.3 is 0 Å². The zero-order chi connectivity index (χ0) is 22.8. The molecule has 1 amide bonds. The van der Waals surface area contributed by atoms with Gasteiger partial charge in [-0.05, 0) is 67.9 Å². The molecular formula is C26H28FN3O3. The third-order valence-electron chi connectivity index (χ3n) is 6.72. The maximum absolute atomic E-state index is 14.8. The van der Waals surface area contributed by atoms with Crippen molar-refractivity contribution in [3.63, 3.8) is 0 Å². The Hall–Kier alpha value is -3.19. The van der Waals surface area contributed by atoms with Gasteiger partial charge in [-0.25, -0.2) is 14.9 Å². The number of hydroxylamine groups is 1. The molecule has 1 aliphatic carbocycles. The van der Waals surface area contributed by atoms with Gasteiger partial charge in [0.2, 0.25) is 5.91 Å². The van der Waals surface area contributed by atoms with E-state index in [-0.39, 0.29) is 30.1 Å². The zero-order valence-electron chi connectivity index (χ0n) is 18.5. The summed E-state index contributed by atoms with van der Waals surface area (Å²) in [6, 6.07) is 15.0. The quantitative estimate of drug-likeness (QED) is 0.406. The van der Waals surface area contributed by atoms with Crippen molar-refractivity contribution in [1.29, 1.82) is 0 Å². The maximum atomic E-state index is 14.8. The monoisotopic (exact) mass is 449 g/mol. The van der Waals surface area contributed by atoms with E-state index in [0.717, 1.165) is 40.9 Å². The molecule has 5 rings (SSSR count). The van der Waals surface area contributed by atoms with Crippen molar-refractivity contribution < 1.29 is 19.1 Å². The predicted octanol–water partition coefficient (Wildman–Crippen LogP) is 4.63. The number of pyridine rings is 1. The lowest BCUT2D eigenvalue weighted by molar-refractivity contribution is -0.130. The smallest absolute Gasteiger partial charge is 0.246 e. The second-order valence-electron chi connectivity index (χ2n) is 9.04. The third-order valence-corrected chi connectivity index (χ3v) is 6.72. The molecule has 2 atom stereocenters. The summed E-state index contributed by atoms with van der Waals surface area (Å²) in [5, 5.41) is 9.75. The number of aromatic nitrogens is 1. The van der Waals surface area contributed by atoms with Crippen LogP contribution in [0.4, 0.5) is 10.2 Å². The van der Waals surface area contributed by atoms with E-state index in [0.29, 0.717) is 12.8 Å². The van der Waals surface area contributed by atoms with E-state index in [9.17, 15) is 9.18 Å². The van der Waals surface area contributed by atoms with Crippen LogP contribution in [0, 0.1) is 17.7 Å². The number of fused-ring (bicyclic) bond motifs is 1. The van der Waals surface area contributed by atoms with Gasteiger partial charge in [0.15, 0.2) is 11.6 Å². The van der Waals surface area contributed by atoms with E-state index in [1.54, 1.807) is 11.5 Å². The molecule has 2 aromatic carbocycles. The number of carbonyl (C=O) groups excluding carboxylic acids is 1. The summed E-state index contributed by atoms with van der Waals surface area (Å²) in [6.07, 6.45) is 4.91. The molecule has 1 saturated carbocycles. The van der Waals surface area contributed by atoms with Crippen LogP contribution < -0.4 is 15.1 Å². The Labute approximate surface area is 192 Å². The highest BCUT2D eigenvalue weighted by molar-refractivity contribution is 5.84. The molecule has 0 unspecified atom stereocenters. The van der Waals surface area contributed by atoms with E-state index in [1.165, 1.54) is 25.3 Å². The second kappa shape index (κ2) is 9.35. The molecule has 172 valence electrons. The molecule has 0 spiro atoms. The molecule has 7 heteroatoms. The lowest BCUT2D eigenvalue weighted by Crippen LogP contribution is -2.30. The lowest BCUT2D eigenvalue weighted by atomic mass is 10.1. The highest BCUT2D eigenvalue weighted by Crippen LogP contribution is 2.41. The molecular weight excluding hydrogens is 421 g/mol. The van der Waals surface area contributed by atoms with Crippen molar-refractivity contribution in [2.45, 2.75) is 38.7 Å². The van der Waals surface area contributed by atoms with Crippen LogP contribution in [0.25, 0.3) is 10.9 Å². The number of nitrogens with zero attached hydrogens (tertiary/aromatic N) is 2. The van der Waals surface area contributed by atoms with Crippen LogP contribution in [0.5, 0.6) is 5.75 Å². The summed E-state index contributed by atoms with van der Waals surface area (Å²) < 4.78 is 20.7. The Morgan fingerprint density at radius 3 is 2.76 bits per heavy atom. The number of para-hydroxylation sites is 1. The molecule has 6 nitrogen and oxygen atoms in total. The maximum Gasteiger partial charge on any atom is 0.246 e. The zero-order valence-corrected chi connectivity index (χ0v) is 18.5. The number of nitrogens with one attached hydrogen (secondary N) is 1. The number of ether oxygens (including phenoxy) is 1. The van der Waals surface area contributed by atoms with Crippen LogP contribution in [0.1, 0.15) is 36.8 Å².